The Morgan fingerprint density at radius 2 is 2.00 bits per heavy atom. The Bertz CT molecular complexity index is 895. The van der Waals surface area contributed by atoms with Crippen LogP contribution in [0.2, 0.25) is 0 Å². The fraction of sp³-hybridized carbons (Fsp3) is 0.0667. The molecule has 3 heterocycles. The number of hydrogen-bond acceptors (Lipinski definition) is 4. The van der Waals surface area contributed by atoms with E-state index in [0.29, 0.717) is 12.6 Å². The number of aromatic nitrogens is 3. The summed E-state index contributed by atoms with van der Waals surface area (Å²) in [5.41, 5.74) is 3.46. The third-order valence-corrected chi connectivity index (χ3v) is 3.65. The second-order valence-corrected chi connectivity index (χ2v) is 5.60. The van der Waals surface area contributed by atoms with Gasteiger partial charge in [-0.25, -0.2) is 4.98 Å². The van der Waals surface area contributed by atoms with Gasteiger partial charge in [0.25, 0.3) is 6.01 Å². The topological polar surface area (TPSA) is 55.4 Å². The van der Waals surface area contributed by atoms with E-state index >= 15 is 0 Å². The zero-order valence-electron chi connectivity index (χ0n) is 11.0. The first-order chi connectivity index (χ1) is 10.3. The van der Waals surface area contributed by atoms with Crippen LogP contribution in [-0.4, -0.2) is 14.4 Å². The van der Waals surface area contributed by atoms with Gasteiger partial charge in [-0.1, -0.05) is 12.1 Å². The third-order valence-electron chi connectivity index (χ3n) is 3.18. The first-order valence-electron chi connectivity index (χ1n) is 6.50. The van der Waals surface area contributed by atoms with Crippen LogP contribution in [0.3, 0.4) is 0 Å². The van der Waals surface area contributed by atoms with E-state index in [0.717, 1.165) is 26.9 Å². The van der Waals surface area contributed by atoms with E-state index in [-0.39, 0.29) is 0 Å². The molecule has 0 amide bonds. The Kier molecular flexibility index (Phi) is 2.89. The van der Waals surface area contributed by atoms with Crippen molar-refractivity contribution in [2.45, 2.75) is 6.54 Å². The summed E-state index contributed by atoms with van der Waals surface area (Å²) >= 11 is 3.45. The second-order valence-electron chi connectivity index (χ2n) is 4.69. The van der Waals surface area contributed by atoms with Crippen molar-refractivity contribution in [2.24, 2.45) is 0 Å². The number of oxazole rings is 1. The van der Waals surface area contributed by atoms with E-state index in [1.807, 2.05) is 53.2 Å². The Labute approximate surface area is 128 Å². The number of anilines is 1. The lowest BCUT2D eigenvalue weighted by Crippen LogP contribution is -1.99. The van der Waals surface area contributed by atoms with Gasteiger partial charge in [-0.2, -0.15) is 4.98 Å². The molecule has 4 rings (SSSR count). The van der Waals surface area contributed by atoms with Crippen molar-refractivity contribution in [3.63, 3.8) is 0 Å². The molecule has 0 radical (unpaired) electrons. The number of nitrogens with zero attached hydrogens (tertiary/aromatic N) is 3. The SMILES string of the molecule is Brc1ccc2nc(CNc3nc4ccccc4o3)cn2c1. The summed E-state index contributed by atoms with van der Waals surface area (Å²) in [4.78, 5) is 8.91. The van der Waals surface area contributed by atoms with Gasteiger partial charge in [-0.15, -0.1) is 0 Å². The minimum absolute atomic E-state index is 0.509. The van der Waals surface area contributed by atoms with Crippen LogP contribution in [0, 0.1) is 0 Å². The number of benzene rings is 1. The summed E-state index contributed by atoms with van der Waals surface area (Å²) in [6.45, 7) is 0.562. The summed E-state index contributed by atoms with van der Waals surface area (Å²) in [5.74, 6) is 0. The van der Waals surface area contributed by atoms with Gasteiger partial charge >= 0.3 is 0 Å². The first-order valence-corrected chi connectivity index (χ1v) is 7.30. The zero-order valence-corrected chi connectivity index (χ0v) is 12.5. The Hall–Kier alpha value is -2.34. The van der Waals surface area contributed by atoms with Gasteiger partial charge in [0.1, 0.15) is 11.2 Å². The van der Waals surface area contributed by atoms with E-state index < -0.39 is 0 Å². The van der Waals surface area contributed by atoms with Crippen molar-refractivity contribution in [1.82, 2.24) is 14.4 Å². The van der Waals surface area contributed by atoms with Gasteiger partial charge < -0.3 is 14.1 Å². The van der Waals surface area contributed by atoms with Crippen LogP contribution >= 0.6 is 15.9 Å². The van der Waals surface area contributed by atoms with Crippen molar-refractivity contribution in [2.75, 3.05) is 5.32 Å². The molecular weight excluding hydrogens is 332 g/mol. The van der Waals surface area contributed by atoms with Crippen LogP contribution in [0.4, 0.5) is 6.01 Å². The Balaban J connectivity index is 1.57. The third kappa shape index (κ3) is 2.38. The molecule has 4 aromatic rings. The van der Waals surface area contributed by atoms with Crippen molar-refractivity contribution in [3.05, 3.63) is 59.0 Å². The van der Waals surface area contributed by atoms with E-state index in [2.05, 4.69) is 31.2 Å². The highest BCUT2D eigenvalue weighted by atomic mass is 79.9. The maximum atomic E-state index is 5.62. The van der Waals surface area contributed by atoms with Crippen molar-refractivity contribution in [3.8, 4) is 0 Å². The molecular formula is C15H11BrN4O. The maximum Gasteiger partial charge on any atom is 0.296 e. The number of halogens is 1. The van der Waals surface area contributed by atoms with Gasteiger partial charge in [-0.05, 0) is 40.2 Å². The van der Waals surface area contributed by atoms with Gasteiger partial charge in [0.15, 0.2) is 5.58 Å². The summed E-state index contributed by atoms with van der Waals surface area (Å²) < 4.78 is 8.62. The van der Waals surface area contributed by atoms with Crippen LogP contribution in [0.1, 0.15) is 5.69 Å². The highest BCUT2D eigenvalue weighted by Crippen LogP contribution is 2.19. The highest BCUT2D eigenvalue weighted by Gasteiger charge is 2.06. The molecule has 6 heteroatoms. The van der Waals surface area contributed by atoms with Gasteiger partial charge in [-0.3, -0.25) is 0 Å². The largest absolute Gasteiger partial charge is 0.424 e. The van der Waals surface area contributed by atoms with E-state index in [4.69, 9.17) is 4.42 Å². The molecule has 1 aromatic carbocycles. The van der Waals surface area contributed by atoms with Crippen molar-refractivity contribution < 1.29 is 4.42 Å². The minimum atomic E-state index is 0.509. The van der Waals surface area contributed by atoms with Crippen LogP contribution in [0.25, 0.3) is 16.7 Å². The fourth-order valence-corrected chi connectivity index (χ4v) is 2.57. The van der Waals surface area contributed by atoms with Gasteiger partial charge in [0.2, 0.25) is 0 Å². The molecule has 3 aromatic heterocycles. The smallest absolute Gasteiger partial charge is 0.296 e. The van der Waals surface area contributed by atoms with Crippen molar-refractivity contribution >= 4 is 38.7 Å². The number of imidazole rings is 1. The predicted molar refractivity (Wildman–Crippen MR) is 84.2 cm³/mol. The number of fused-ring (bicyclic) bond motifs is 2. The molecule has 0 unspecified atom stereocenters. The predicted octanol–water partition coefficient (Wildman–Crippen LogP) is 3.85. The molecule has 0 bridgehead atoms. The Morgan fingerprint density at radius 1 is 1.10 bits per heavy atom. The summed E-state index contributed by atoms with van der Waals surface area (Å²) in [6, 6.07) is 12.1. The van der Waals surface area contributed by atoms with E-state index in [1.54, 1.807) is 0 Å². The van der Waals surface area contributed by atoms with Crippen LogP contribution in [0.5, 0.6) is 0 Å². The quantitative estimate of drug-likeness (QED) is 0.614. The lowest BCUT2D eigenvalue weighted by atomic mass is 10.3. The molecule has 0 fully saturated rings. The van der Waals surface area contributed by atoms with Crippen LogP contribution < -0.4 is 5.32 Å². The van der Waals surface area contributed by atoms with Crippen molar-refractivity contribution in [1.29, 1.82) is 0 Å². The standard InChI is InChI=1S/C15H11BrN4O/c16-10-5-6-14-18-11(9-20(14)8-10)7-17-15-19-12-3-1-2-4-13(12)21-15/h1-6,8-9H,7H2,(H,17,19). The monoisotopic (exact) mass is 342 g/mol. The number of pyridine rings is 1. The van der Waals surface area contributed by atoms with Crippen LogP contribution in [0.15, 0.2) is 57.7 Å². The average Bonchev–Trinajstić information content (AvgIpc) is 3.07. The first kappa shape index (κ1) is 12.4. The molecule has 0 spiro atoms. The molecule has 104 valence electrons. The lowest BCUT2D eigenvalue weighted by molar-refractivity contribution is 0.614. The lowest BCUT2D eigenvalue weighted by Gasteiger charge is -1.96. The van der Waals surface area contributed by atoms with Crippen LogP contribution in [-0.2, 0) is 6.54 Å². The van der Waals surface area contributed by atoms with Gasteiger partial charge in [0.05, 0.1) is 12.2 Å². The normalized spacial score (nSPS) is 11.3. The minimum Gasteiger partial charge on any atom is -0.424 e. The molecule has 0 aliphatic rings. The zero-order chi connectivity index (χ0) is 14.2. The molecule has 5 nitrogen and oxygen atoms in total. The summed E-state index contributed by atoms with van der Waals surface area (Å²) in [7, 11) is 0. The summed E-state index contributed by atoms with van der Waals surface area (Å²) in [6.07, 6.45) is 3.96. The molecule has 0 aliphatic carbocycles. The molecule has 0 saturated carbocycles. The Morgan fingerprint density at radius 3 is 2.90 bits per heavy atom. The second kappa shape index (κ2) is 4.89. The summed E-state index contributed by atoms with van der Waals surface area (Å²) in [5, 5.41) is 3.16. The van der Waals surface area contributed by atoms with Gasteiger partial charge in [0, 0.05) is 16.9 Å². The number of hydrogen-bond donors (Lipinski definition) is 1. The molecule has 0 aliphatic heterocycles. The number of para-hydroxylation sites is 2. The maximum absolute atomic E-state index is 5.62. The fourth-order valence-electron chi connectivity index (χ4n) is 2.22. The van der Waals surface area contributed by atoms with E-state index in [9.17, 15) is 0 Å². The molecule has 1 N–H and O–H groups in total. The number of rotatable bonds is 3. The molecule has 0 saturated heterocycles. The average molecular weight is 343 g/mol. The molecule has 0 atom stereocenters. The number of nitrogens with one attached hydrogen (secondary N) is 1. The highest BCUT2D eigenvalue weighted by molar-refractivity contribution is 9.10. The molecule has 21 heavy (non-hydrogen) atoms. The van der Waals surface area contributed by atoms with E-state index in [1.165, 1.54) is 0 Å².